The molecule has 0 bridgehead atoms. The molecule has 3 atom stereocenters. The minimum atomic E-state index is -0.909. The van der Waals surface area contributed by atoms with Crippen molar-refractivity contribution in [2.24, 2.45) is 0 Å². The second-order valence-electron chi connectivity index (χ2n) is 10.1. The molecule has 0 amide bonds. The van der Waals surface area contributed by atoms with Crippen molar-refractivity contribution in [1.82, 2.24) is 0 Å². The number of halogens is 1. The van der Waals surface area contributed by atoms with E-state index < -0.39 is 29.1 Å². The van der Waals surface area contributed by atoms with Gasteiger partial charge in [0, 0.05) is 23.1 Å². The van der Waals surface area contributed by atoms with Gasteiger partial charge in [-0.3, -0.25) is 4.79 Å². The lowest BCUT2D eigenvalue weighted by Gasteiger charge is -2.21. The minimum absolute atomic E-state index is 0.00760. The Bertz CT molecular complexity index is 1270. The molecule has 1 heterocycles. The highest BCUT2D eigenvalue weighted by Gasteiger charge is 2.28. The number of hydrogen-bond donors (Lipinski definition) is 1. The van der Waals surface area contributed by atoms with Crippen LogP contribution in [-0.2, 0) is 16.0 Å². The number of hydrogen-bond acceptors (Lipinski definition) is 5. The molecule has 2 aromatic rings. The zero-order valence-electron chi connectivity index (χ0n) is 22.6. The third kappa shape index (κ3) is 7.25. The topological polar surface area (TPSA) is 88.0 Å². The normalized spacial score (nSPS) is 22.6. The summed E-state index contributed by atoms with van der Waals surface area (Å²) in [5.74, 6) is 0.866. The Labute approximate surface area is 232 Å². The van der Waals surface area contributed by atoms with Crippen molar-refractivity contribution in [1.29, 1.82) is 0 Å². The van der Waals surface area contributed by atoms with Gasteiger partial charge in [0.25, 0.3) is 0 Å². The van der Waals surface area contributed by atoms with Gasteiger partial charge in [0.15, 0.2) is 0 Å². The predicted octanol–water partition coefficient (Wildman–Crippen LogP) is 6.44. The van der Waals surface area contributed by atoms with Gasteiger partial charge in [-0.1, -0.05) is 29.9 Å². The monoisotopic (exact) mass is 554 g/mol. The number of carbonyl (C=O) groups is 1. The summed E-state index contributed by atoms with van der Waals surface area (Å²) in [5.41, 5.74) is 5.30. The standard InChI is InChI=1S/C31H35FO6S/c1-19-14-25(36-12-13-39(4)35)15-20(2)31(19)22-6-5-7-28(21(3)27(32)11-8-22)38-24-9-10-26-23(16-30(33)34)18-37-29(26)17-24/h8-11,14-15,17,23,28H,3,5-7,12-13,16,18H2,1-2,4H3,(H,33,34)/b22-8+,27-11+/t23-,28-,39?/m1/s1. The Hall–Kier alpha value is -3.23. The van der Waals surface area contributed by atoms with Crippen LogP contribution < -0.4 is 14.2 Å². The molecule has 0 spiro atoms. The average molecular weight is 555 g/mol. The summed E-state index contributed by atoms with van der Waals surface area (Å²) in [4.78, 5) is 11.1. The number of benzene rings is 2. The summed E-state index contributed by atoms with van der Waals surface area (Å²) in [6.45, 7) is 8.73. The number of carboxylic acid groups (broad SMARTS) is 1. The van der Waals surface area contributed by atoms with Gasteiger partial charge in [-0.2, -0.15) is 0 Å². The fourth-order valence-electron chi connectivity index (χ4n) is 5.17. The molecule has 0 saturated carbocycles. The molecule has 0 aromatic heterocycles. The van der Waals surface area contributed by atoms with Crippen molar-refractivity contribution < 1.29 is 33.1 Å². The van der Waals surface area contributed by atoms with Crippen molar-refractivity contribution in [3.63, 3.8) is 0 Å². The first-order valence-corrected chi connectivity index (χ1v) is 14.8. The minimum Gasteiger partial charge on any atom is -0.616 e. The van der Waals surface area contributed by atoms with Crippen LogP contribution in [-0.4, -0.2) is 47.0 Å². The summed E-state index contributed by atoms with van der Waals surface area (Å²) in [6, 6.07) is 9.29. The third-order valence-electron chi connectivity index (χ3n) is 7.07. The first-order valence-electron chi connectivity index (χ1n) is 13.1. The molecule has 1 aliphatic heterocycles. The van der Waals surface area contributed by atoms with Crippen LogP contribution in [0, 0.1) is 13.8 Å². The number of aliphatic carboxylic acids is 1. The maximum absolute atomic E-state index is 15.2. The number of fused-ring (bicyclic) bond motifs is 1. The Morgan fingerprint density at radius 1 is 1.21 bits per heavy atom. The first-order chi connectivity index (χ1) is 18.6. The number of allylic oxidation sites excluding steroid dienone is 3. The number of rotatable bonds is 9. The van der Waals surface area contributed by atoms with E-state index >= 15 is 4.39 Å². The highest BCUT2D eigenvalue weighted by atomic mass is 32.2. The molecule has 6 nitrogen and oxygen atoms in total. The van der Waals surface area contributed by atoms with Gasteiger partial charge in [0.2, 0.25) is 0 Å². The fraction of sp³-hybridized carbons (Fsp3) is 0.387. The summed E-state index contributed by atoms with van der Waals surface area (Å²) in [5, 5.41) is 9.13. The molecule has 8 heteroatoms. The molecular weight excluding hydrogens is 519 g/mol. The van der Waals surface area contributed by atoms with Crippen molar-refractivity contribution in [3.8, 4) is 17.2 Å². The van der Waals surface area contributed by atoms with Gasteiger partial charge in [-0.25, -0.2) is 4.39 Å². The molecule has 2 aliphatic rings. The van der Waals surface area contributed by atoms with Gasteiger partial charge in [-0.15, -0.1) is 0 Å². The van der Waals surface area contributed by atoms with Gasteiger partial charge >= 0.3 is 5.97 Å². The molecular formula is C31H35FO6S. The summed E-state index contributed by atoms with van der Waals surface area (Å²) >= 11 is -0.909. The van der Waals surface area contributed by atoms with E-state index in [4.69, 9.17) is 19.3 Å². The van der Waals surface area contributed by atoms with Crippen molar-refractivity contribution in [3.05, 3.63) is 82.7 Å². The molecule has 0 fully saturated rings. The van der Waals surface area contributed by atoms with E-state index in [0.29, 0.717) is 36.9 Å². The predicted molar refractivity (Wildman–Crippen MR) is 152 cm³/mol. The third-order valence-corrected chi connectivity index (χ3v) is 7.81. The maximum atomic E-state index is 15.2. The van der Waals surface area contributed by atoms with Gasteiger partial charge in [0.05, 0.1) is 19.3 Å². The zero-order valence-corrected chi connectivity index (χ0v) is 23.4. The van der Waals surface area contributed by atoms with Crippen LogP contribution in [0.15, 0.2) is 60.5 Å². The van der Waals surface area contributed by atoms with E-state index in [1.165, 1.54) is 6.08 Å². The van der Waals surface area contributed by atoms with E-state index in [1.807, 2.05) is 38.1 Å². The van der Waals surface area contributed by atoms with Crippen LogP contribution in [0.5, 0.6) is 17.2 Å². The number of aryl methyl sites for hydroxylation is 2. The van der Waals surface area contributed by atoms with Gasteiger partial charge in [0.1, 0.15) is 41.5 Å². The van der Waals surface area contributed by atoms with Crippen LogP contribution >= 0.6 is 0 Å². The van der Waals surface area contributed by atoms with E-state index in [0.717, 1.165) is 46.4 Å². The summed E-state index contributed by atoms with van der Waals surface area (Å²) in [7, 11) is 0. The molecule has 1 N–H and O–H groups in total. The van der Waals surface area contributed by atoms with Crippen LogP contribution in [0.1, 0.15) is 53.9 Å². The quantitative estimate of drug-likeness (QED) is 0.359. The molecule has 4 rings (SSSR count). The Morgan fingerprint density at radius 3 is 2.64 bits per heavy atom. The van der Waals surface area contributed by atoms with E-state index in [2.05, 4.69) is 6.58 Å². The lowest BCUT2D eigenvalue weighted by Crippen LogP contribution is -2.19. The molecule has 2 aromatic carbocycles. The molecule has 1 aliphatic carbocycles. The van der Waals surface area contributed by atoms with Crippen LogP contribution in [0.2, 0.25) is 0 Å². The van der Waals surface area contributed by atoms with Crippen LogP contribution in [0.4, 0.5) is 4.39 Å². The van der Waals surface area contributed by atoms with Crippen molar-refractivity contribution in [2.75, 3.05) is 25.2 Å². The molecule has 39 heavy (non-hydrogen) atoms. The van der Waals surface area contributed by atoms with Crippen LogP contribution in [0.3, 0.4) is 0 Å². The highest BCUT2D eigenvalue weighted by Crippen LogP contribution is 2.39. The SMILES string of the molecule is C=C1/C(F)=C\C=C(\c2c(C)cc(OCC[S+](C)[O-])cc2C)CCC[C@H]1Oc1ccc2c(c1)OC[C@H]2CC(=O)O. The lowest BCUT2D eigenvalue weighted by atomic mass is 9.91. The number of ether oxygens (including phenoxy) is 3. The molecule has 0 saturated heterocycles. The van der Waals surface area contributed by atoms with E-state index in [9.17, 15) is 9.35 Å². The molecule has 1 unspecified atom stereocenters. The van der Waals surface area contributed by atoms with Crippen molar-refractivity contribution >= 4 is 22.7 Å². The fourth-order valence-corrected chi connectivity index (χ4v) is 5.49. The maximum Gasteiger partial charge on any atom is 0.304 e. The van der Waals surface area contributed by atoms with Gasteiger partial charge < -0.3 is 23.9 Å². The van der Waals surface area contributed by atoms with Gasteiger partial charge in [-0.05, 0) is 79.6 Å². The van der Waals surface area contributed by atoms with Crippen LogP contribution in [0.25, 0.3) is 5.57 Å². The number of carboxylic acids is 1. The summed E-state index contributed by atoms with van der Waals surface area (Å²) in [6.07, 6.45) is 6.47. The second-order valence-corrected chi connectivity index (χ2v) is 11.6. The van der Waals surface area contributed by atoms with Crippen molar-refractivity contribution in [2.45, 2.75) is 51.6 Å². The Morgan fingerprint density at radius 2 is 1.95 bits per heavy atom. The molecule has 0 radical (unpaired) electrons. The smallest absolute Gasteiger partial charge is 0.304 e. The largest absolute Gasteiger partial charge is 0.616 e. The summed E-state index contributed by atoms with van der Waals surface area (Å²) < 4.78 is 44.2. The van der Waals surface area contributed by atoms with E-state index in [-0.39, 0.29) is 17.9 Å². The Kier molecular flexibility index (Phi) is 9.40. The first kappa shape index (κ1) is 28.8. The second kappa shape index (κ2) is 12.7. The van der Waals surface area contributed by atoms with E-state index in [1.54, 1.807) is 18.4 Å². The Balaban J connectivity index is 1.46. The zero-order chi connectivity index (χ0) is 28.1. The average Bonchev–Trinajstić information content (AvgIpc) is 3.27. The lowest BCUT2D eigenvalue weighted by molar-refractivity contribution is -0.137. The molecule has 208 valence electrons. The highest BCUT2D eigenvalue weighted by molar-refractivity contribution is 7.90.